The summed E-state index contributed by atoms with van der Waals surface area (Å²) in [5.41, 5.74) is 4.30. The summed E-state index contributed by atoms with van der Waals surface area (Å²) < 4.78 is 29.3. The zero-order valence-corrected chi connectivity index (χ0v) is 17.9. The molecule has 3 heterocycles. The molecule has 1 saturated heterocycles. The average Bonchev–Trinajstić information content (AvgIpc) is 3.04. The lowest BCUT2D eigenvalue weighted by atomic mass is 10.1. The number of hydrogen-bond acceptors (Lipinski definition) is 4. The lowest BCUT2D eigenvalue weighted by Crippen LogP contribution is -2.49. The highest BCUT2D eigenvalue weighted by Gasteiger charge is 2.27. The van der Waals surface area contributed by atoms with Crippen LogP contribution >= 0.6 is 0 Å². The fourth-order valence-corrected chi connectivity index (χ4v) is 5.50. The van der Waals surface area contributed by atoms with E-state index in [9.17, 15) is 8.42 Å². The molecule has 1 fully saturated rings. The second-order valence-corrected chi connectivity index (χ2v) is 9.84. The first-order valence-electron chi connectivity index (χ1n) is 10.1. The van der Waals surface area contributed by atoms with Gasteiger partial charge in [0.1, 0.15) is 5.65 Å². The van der Waals surface area contributed by atoms with Gasteiger partial charge in [-0.15, -0.1) is 0 Å². The van der Waals surface area contributed by atoms with Crippen molar-refractivity contribution < 1.29 is 8.42 Å². The largest absolute Gasteiger partial charge is 0.335 e. The third-order valence-corrected chi connectivity index (χ3v) is 7.56. The Labute approximate surface area is 172 Å². The number of fused-ring (bicyclic) bond motifs is 1. The van der Waals surface area contributed by atoms with Gasteiger partial charge in [0.25, 0.3) is 0 Å². The Morgan fingerprint density at radius 3 is 2.48 bits per heavy atom. The van der Waals surface area contributed by atoms with E-state index in [2.05, 4.69) is 26.7 Å². The Bertz CT molecular complexity index is 1080. The van der Waals surface area contributed by atoms with E-state index in [0.29, 0.717) is 13.1 Å². The molecule has 7 heteroatoms. The van der Waals surface area contributed by atoms with Gasteiger partial charge in [-0.3, -0.25) is 0 Å². The van der Waals surface area contributed by atoms with E-state index in [-0.39, 0.29) is 5.75 Å². The van der Waals surface area contributed by atoms with Crippen LogP contribution in [0.1, 0.15) is 16.7 Å². The Hall–Kier alpha value is -2.22. The van der Waals surface area contributed by atoms with Gasteiger partial charge in [-0.1, -0.05) is 29.8 Å². The van der Waals surface area contributed by atoms with Gasteiger partial charge in [-0.2, -0.15) is 4.31 Å². The quantitative estimate of drug-likeness (QED) is 0.624. The van der Waals surface area contributed by atoms with Gasteiger partial charge in [-0.05, 0) is 36.6 Å². The van der Waals surface area contributed by atoms with Crippen molar-refractivity contribution in [2.75, 3.05) is 32.7 Å². The van der Waals surface area contributed by atoms with Crippen molar-refractivity contribution in [3.05, 3.63) is 65.5 Å². The number of aromatic nitrogens is 2. The summed E-state index contributed by atoms with van der Waals surface area (Å²) in [6.45, 7) is 5.61. The summed E-state index contributed by atoms with van der Waals surface area (Å²) in [7, 11) is -1.25. The minimum atomic E-state index is -3.27. The fraction of sp³-hybridized carbons (Fsp3) is 0.409. The van der Waals surface area contributed by atoms with Crippen LogP contribution in [-0.4, -0.2) is 59.9 Å². The maximum absolute atomic E-state index is 12.8. The molecule has 0 atom stereocenters. The first-order valence-corrected chi connectivity index (χ1v) is 11.7. The summed E-state index contributed by atoms with van der Waals surface area (Å²) in [5.74, 6) is 0.0796. The first kappa shape index (κ1) is 20.1. The molecule has 0 aliphatic carbocycles. The van der Waals surface area contributed by atoms with Crippen LogP contribution in [0, 0.1) is 6.92 Å². The van der Waals surface area contributed by atoms with Crippen molar-refractivity contribution in [1.82, 2.24) is 18.8 Å². The van der Waals surface area contributed by atoms with Crippen LogP contribution in [-0.2, 0) is 29.2 Å². The van der Waals surface area contributed by atoms with Crippen molar-refractivity contribution in [2.24, 2.45) is 7.05 Å². The minimum absolute atomic E-state index is 0.0796. The van der Waals surface area contributed by atoms with Crippen LogP contribution in [0.3, 0.4) is 0 Å². The van der Waals surface area contributed by atoms with E-state index >= 15 is 0 Å². The highest BCUT2D eigenvalue weighted by Crippen LogP contribution is 2.20. The van der Waals surface area contributed by atoms with E-state index in [0.717, 1.165) is 42.8 Å². The molecule has 0 saturated carbocycles. The molecule has 1 aromatic carbocycles. The topological polar surface area (TPSA) is 58.4 Å². The zero-order valence-electron chi connectivity index (χ0n) is 17.1. The Kier molecular flexibility index (Phi) is 5.72. The van der Waals surface area contributed by atoms with Gasteiger partial charge in [0.15, 0.2) is 0 Å². The van der Waals surface area contributed by atoms with Crippen LogP contribution in [0.2, 0.25) is 0 Å². The van der Waals surface area contributed by atoms with Gasteiger partial charge in [0, 0.05) is 57.6 Å². The number of aryl methyl sites for hydroxylation is 2. The van der Waals surface area contributed by atoms with Gasteiger partial charge in [0.2, 0.25) is 10.0 Å². The lowest BCUT2D eigenvalue weighted by molar-refractivity contribution is 0.190. The smallest absolute Gasteiger partial charge is 0.218 e. The van der Waals surface area contributed by atoms with Crippen LogP contribution in [0.5, 0.6) is 0 Å². The molecule has 0 N–H and O–H groups in total. The molecule has 2 aromatic heterocycles. The van der Waals surface area contributed by atoms with E-state index in [1.807, 2.05) is 50.5 Å². The van der Waals surface area contributed by atoms with Crippen LogP contribution in [0.15, 0.2) is 48.8 Å². The molecule has 6 nitrogen and oxygen atoms in total. The molecule has 154 valence electrons. The second-order valence-electron chi connectivity index (χ2n) is 7.87. The summed E-state index contributed by atoms with van der Waals surface area (Å²) in [6, 6.07) is 11.8. The maximum atomic E-state index is 12.8. The molecule has 3 aromatic rings. The van der Waals surface area contributed by atoms with Crippen LogP contribution in [0.4, 0.5) is 0 Å². The molecular weight excluding hydrogens is 384 g/mol. The number of rotatable bonds is 6. The van der Waals surface area contributed by atoms with Crippen molar-refractivity contribution in [3.8, 4) is 0 Å². The molecular formula is C22H28N4O2S. The number of piperazine rings is 1. The number of nitrogens with zero attached hydrogens (tertiary/aromatic N) is 4. The average molecular weight is 413 g/mol. The Morgan fingerprint density at radius 1 is 1.03 bits per heavy atom. The molecule has 1 aliphatic heterocycles. The molecule has 0 spiro atoms. The molecule has 4 rings (SSSR count). The van der Waals surface area contributed by atoms with Gasteiger partial charge < -0.3 is 9.47 Å². The van der Waals surface area contributed by atoms with Gasteiger partial charge >= 0.3 is 0 Å². The van der Waals surface area contributed by atoms with Gasteiger partial charge in [-0.25, -0.2) is 13.4 Å². The number of hydrogen-bond donors (Lipinski definition) is 0. The molecule has 1 aliphatic rings. The Balaban J connectivity index is 1.32. The summed E-state index contributed by atoms with van der Waals surface area (Å²) in [5, 5.41) is 1.20. The van der Waals surface area contributed by atoms with Crippen molar-refractivity contribution in [2.45, 2.75) is 19.1 Å². The van der Waals surface area contributed by atoms with Crippen LogP contribution in [0.25, 0.3) is 11.0 Å². The SMILES string of the molecule is Cc1ccc(CS(=O)(=O)N2CCN(CCc3cn(C)c4ncccc34)CC2)cc1. The third-order valence-electron chi connectivity index (χ3n) is 5.71. The molecule has 0 radical (unpaired) electrons. The summed E-state index contributed by atoms with van der Waals surface area (Å²) >= 11 is 0. The third kappa shape index (κ3) is 4.52. The minimum Gasteiger partial charge on any atom is -0.335 e. The van der Waals surface area contributed by atoms with E-state index in [4.69, 9.17) is 0 Å². The highest BCUT2D eigenvalue weighted by atomic mass is 32.2. The van der Waals surface area contributed by atoms with Crippen molar-refractivity contribution >= 4 is 21.1 Å². The Morgan fingerprint density at radius 2 is 1.76 bits per heavy atom. The van der Waals surface area contributed by atoms with Crippen molar-refractivity contribution in [3.63, 3.8) is 0 Å². The first-order chi connectivity index (χ1) is 13.9. The van der Waals surface area contributed by atoms with E-state index in [1.54, 1.807) is 4.31 Å². The summed E-state index contributed by atoms with van der Waals surface area (Å²) in [6.07, 6.45) is 4.92. The zero-order chi connectivity index (χ0) is 20.4. The molecule has 0 bridgehead atoms. The van der Waals surface area contributed by atoms with Crippen LogP contribution < -0.4 is 0 Å². The standard InChI is InChI=1S/C22H28N4O2S/c1-18-5-7-19(8-6-18)17-29(27,28)26-14-12-25(13-15-26)11-9-20-16-24(2)22-21(20)4-3-10-23-22/h3-8,10,16H,9,11-15,17H2,1-2H3. The monoisotopic (exact) mass is 412 g/mol. The molecule has 0 unspecified atom stereocenters. The number of benzene rings is 1. The second kappa shape index (κ2) is 8.26. The van der Waals surface area contributed by atoms with Gasteiger partial charge in [0.05, 0.1) is 5.75 Å². The number of pyridine rings is 1. The molecule has 0 amide bonds. The maximum Gasteiger partial charge on any atom is 0.218 e. The number of sulfonamides is 1. The lowest BCUT2D eigenvalue weighted by Gasteiger charge is -2.34. The molecule has 29 heavy (non-hydrogen) atoms. The fourth-order valence-electron chi connectivity index (χ4n) is 3.99. The van der Waals surface area contributed by atoms with E-state index < -0.39 is 10.0 Å². The summed E-state index contributed by atoms with van der Waals surface area (Å²) in [4.78, 5) is 6.80. The predicted octanol–water partition coefficient (Wildman–Crippen LogP) is 2.57. The van der Waals surface area contributed by atoms with Crippen molar-refractivity contribution in [1.29, 1.82) is 0 Å². The predicted molar refractivity (Wildman–Crippen MR) is 116 cm³/mol. The van der Waals surface area contributed by atoms with E-state index in [1.165, 1.54) is 10.9 Å². The normalized spacial score (nSPS) is 16.5. The highest BCUT2D eigenvalue weighted by molar-refractivity contribution is 7.88.